The molecule has 0 aromatic carbocycles. The molecule has 122 valence electrons. The molecule has 0 aromatic rings. The van der Waals surface area contributed by atoms with Crippen LogP contribution in [0.15, 0.2) is 0 Å². The average molecular weight is 299 g/mol. The van der Waals surface area contributed by atoms with E-state index < -0.39 is 11.9 Å². The lowest BCUT2D eigenvalue weighted by Gasteiger charge is -2.31. The van der Waals surface area contributed by atoms with Crippen molar-refractivity contribution in [2.24, 2.45) is 11.8 Å². The van der Waals surface area contributed by atoms with E-state index in [2.05, 4.69) is 17.1 Å². The molecule has 2 N–H and O–H groups in total. The third kappa shape index (κ3) is 5.91. The summed E-state index contributed by atoms with van der Waals surface area (Å²) in [6.07, 6.45) is 2.23. The van der Waals surface area contributed by atoms with Crippen LogP contribution < -0.4 is 5.32 Å². The van der Waals surface area contributed by atoms with Crippen molar-refractivity contribution >= 4 is 12.0 Å². The maximum absolute atomic E-state index is 12.1. The van der Waals surface area contributed by atoms with Gasteiger partial charge in [0.25, 0.3) is 0 Å². The first-order chi connectivity index (χ1) is 9.97. The summed E-state index contributed by atoms with van der Waals surface area (Å²) in [5, 5.41) is 11.9. The highest BCUT2D eigenvalue weighted by atomic mass is 16.4. The molecule has 0 radical (unpaired) electrons. The number of hydrogen-bond donors (Lipinski definition) is 2. The van der Waals surface area contributed by atoms with Gasteiger partial charge in [-0.05, 0) is 45.3 Å². The minimum absolute atomic E-state index is 0.150. The van der Waals surface area contributed by atoms with E-state index >= 15 is 0 Å². The molecule has 0 aromatic heterocycles. The lowest BCUT2D eigenvalue weighted by Crippen LogP contribution is -2.45. The summed E-state index contributed by atoms with van der Waals surface area (Å²) < 4.78 is 0. The summed E-state index contributed by atoms with van der Waals surface area (Å²) in [6, 6.07) is -0.150. The first-order valence-electron chi connectivity index (χ1n) is 7.95. The number of nitrogens with one attached hydrogen (secondary N) is 1. The van der Waals surface area contributed by atoms with E-state index in [0.717, 1.165) is 32.5 Å². The van der Waals surface area contributed by atoms with Crippen molar-refractivity contribution in [2.75, 3.05) is 39.3 Å². The first-order valence-corrected chi connectivity index (χ1v) is 7.95. The molecule has 1 rings (SSSR count). The standard InChI is InChI=1S/C15H29N3O3/c1-4-17-8-6-13(7-9-17)10-16-15(21)18(5-2)11-12(3)14(19)20/h12-13H,4-11H2,1-3H3,(H,16,21)(H,19,20). The Balaban J connectivity index is 2.32. The van der Waals surface area contributed by atoms with Gasteiger partial charge in [-0.25, -0.2) is 4.79 Å². The maximum Gasteiger partial charge on any atom is 0.317 e. The van der Waals surface area contributed by atoms with Crippen molar-refractivity contribution in [3.8, 4) is 0 Å². The predicted octanol–water partition coefficient (Wildman–Crippen LogP) is 1.47. The summed E-state index contributed by atoms with van der Waals surface area (Å²) >= 11 is 0. The second kappa shape index (κ2) is 8.87. The van der Waals surface area contributed by atoms with Gasteiger partial charge in [0.2, 0.25) is 0 Å². The van der Waals surface area contributed by atoms with Gasteiger partial charge in [-0.15, -0.1) is 0 Å². The van der Waals surface area contributed by atoms with Crippen molar-refractivity contribution in [3.63, 3.8) is 0 Å². The minimum Gasteiger partial charge on any atom is -0.481 e. The van der Waals surface area contributed by atoms with E-state index in [1.54, 1.807) is 11.8 Å². The van der Waals surface area contributed by atoms with Crippen molar-refractivity contribution in [1.29, 1.82) is 0 Å². The fourth-order valence-electron chi connectivity index (χ4n) is 2.61. The molecule has 6 heteroatoms. The molecule has 21 heavy (non-hydrogen) atoms. The molecule has 0 bridgehead atoms. The van der Waals surface area contributed by atoms with Gasteiger partial charge >= 0.3 is 12.0 Å². The number of hydrogen-bond acceptors (Lipinski definition) is 3. The van der Waals surface area contributed by atoms with Gasteiger partial charge in [0.1, 0.15) is 0 Å². The van der Waals surface area contributed by atoms with E-state index in [-0.39, 0.29) is 12.6 Å². The van der Waals surface area contributed by atoms with Gasteiger partial charge in [0.05, 0.1) is 5.92 Å². The van der Waals surface area contributed by atoms with Crippen LogP contribution in [-0.4, -0.2) is 66.2 Å². The smallest absolute Gasteiger partial charge is 0.317 e. The third-order valence-corrected chi connectivity index (χ3v) is 4.28. The number of likely N-dealkylation sites (tertiary alicyclic amines) is 1. The Morgan fingerprint density at radius 1 is 1.33 bits per heavy atom. The summed E-state index contributed by atoms with van der Waals surface area (Å²) in [7, 11) is 0. The number of aliphatic carboxylic acids is 1. The zero-order valence-electron chi connectivity index (χ0n) is 13.5. The average Bonchev–Trinajstić information content (AvgIpc) is 2.50. The van der Waals surface area contributed by atoms with Crippen molar-refractivity contribution in [3.05, 3.63) is 0 Å². The van der Waals surface area contributed by atoms with E-state index in [1.165, 1.54) is 0 Å². The molecule has 2 amide bonds. The first kappa shape index (κ1) is 17.8. The summed E-state index contributed by atoms with van der Waals surface area (Å²) in [5.74, 6) is -0.871. The highest BCUT2D eigenvalue weighted by Crippen LogP contribution is 2.16. The minimum atomic E-state index is -0.867. The van der Waals surface area contributed by atoms with Gasteiger partial charge in [-0.3, -0.25) is 4.79 Å². The van der Waals surface area contributed by atoms with Gasteiger partial charge in [0, 0.05) is 19.6 Å². The zero-order valence-corrected chi connectivity index (χ0v) is 13.5. The molecule has 0 spiro atoms. The van der Waals surface area contributed by atoms with Gasteiger partial charge in [-0.2, -0.15) is 0 Å². The molecule has 1 saturated heterocycles. The van der Waals surface area contributed by atoms with Crippen LogP contribution in [-0.2, 0) is 4.79 Å². The van der Waals surface area contributed by atoms with Crippen LogP contribution in [0.3, 0.4) is 0 Å². The molecular formula is C15H29N3O3. The fourth-order valence-corrected chi connectivity index (χ4v) is 2.61. The molecule has 1 aliphatic heterocycles. The number of piperidine rings is 1. The number of carbonyl (C=O) groups excluding carboxylic acids is 1. The van der Waals surface area contributed by atoms with E-state index in [4.69, 9.17) is 5.11 Å². The predicted molar refractivity (Wildman–Crippen MR) is 82.3 cm³/mol. The molecule has 1 atom stereocenters. The van der Waals surface area contributed by atoms with E-state index in [1.807, 2.05) is 6.92 Å². The Kier molecular flexibility index (Phi) is 7.50. The third-order valence-electron chi connectivity index (χ3n) is 4.28. The SMILES string of the molecule is CCN1CCC(CNC(=O)N(CC)CC(C)C(=O)O)CC1. The largest absolute Gasteiger partial charge is 0.481 e. The monoisotopic (exact) mass is 299 g/mol. The zero-order chi connectivity index (χ0) is 15.8. The molecule has 0 aliphatic carbocycles. The Bertz CT molecular complexity index is 341. The Labute approximate surface area is 127 Å². The van der Waals surface area contributed by atoms with Crippen LogP contribution in [0.5, 0.6) is 0 Å². The highest BCUT2D eigenvalue weighted by molar-refractivity contribution is 5.75. The van der Waals surface area contributed by atoms with Crippen LogP contribution >= 0.6 is 0 Å². The lowest BCUT2D eigenvalue weighted by atomic mass is 9.97. The highest BCUT2D eigenvalue weighted by Gasteiger charge is 2.22. The molecule has 1 fully saturated rings. The number of carboxylic acids is 1. The van der Waals surface area contributed by atoms with Crippen molar-refractivity contribution < 1.29 is 14.7 Å². The second-order valence-corrected chi connectivity index (χ2v) is 5.84. The van der Waals surface area contributed by atoms with Crippen molar-refractivity contribution in [1.82, 2.24) is 15.1 Å². The summed E-state index contributed by atoms with van der Waals surface area (Å²) in [5.41, 5.74) is 0. The normalized spacial score (nSPS) is 18.2. The van der Waals surface area contributed by atoms with Crippen LogP contribution in [0, 0.1) is 11.8 Å². The van der Waals surface area contributed by atoms with Crippen LogP contribution in [0.2, 0.25) is 0 Å². The lowest BCUT2D eigenvalue weighted by molar-refractivity contribution is -0.141. The Morgan fingerprint density at radius 3 is 2.43 bits per heavy atom. The number of carbonyl (C=O) groups is 2. The van der Waals surface area contributed by atoms with Crippen LogP contribution in [0.25, 0.3) is 0 Å². The van der Waals surface area contributed by atoms with E-state index in [0.29, 0.717) is 19.0 Å². The van der Waals surface area contributed by atoms with Crippen molar-refractivity contribution in [2.45, 2.75) is 33.6 Å². The number of carboxylic acid groups (broad SMARTS) is 1. The topological polar surface area (TPSA) is 72.9 Å². The summed E-state index contributed by atoms with van der Waals surface area (Å²) in [6.45, 7) is 10.4. The number of urea groups is 1. The van der Waals surface area contributed by atoms with Crippen LogP contribution in [0.4, 0.5) is 4.79 Å². The molecule has 1 heterocycles. The molecule has 0 saturated carbocycles. The Hall–Kier alpha value is -1.30. The molecular weight excluding hydrogens is 270 g/mol. The Morgan fingerprint density at radius 2 is 1.95 bits per heavy atom. The number of nitrogens with zero attached hydrogens (tertiary/aromatic N) is 2. The second-order valence-electron chi connectivity index (χ2n) is 5.84. The number of rotatable bonds is 7. The quantitative estimate of drug-likeness (QED) is 0.746. The van der Waals surface area contributed by atoms with E-state index in [9.17, 15) is 9.59 Å². The van der Waals surface area contributed by atoms with Gasteiger partial charge in [0.15, 0.2) is 0 Å². The molecule has 6 nitrogen and oxygen atoms in total. The van der Waals surface area contributed by atoms with Gasteiger partial charge in [-0.1, -0.05) is 13.8 Å². The fraction of sp³-hybridized carbons (Fsp3) is 0.867. The number of amides is 2. The van der Waals surface area contributed by atoms with Gasteiger partial charge < -0.3 is 20.2 Å². The maximum atomic E-state index is 12.1. The summed E-state index contributed by atoms with van der Waals surface area (Å²) in [4.78, 5) is 27.0. The molecule has 1 aliphatic rings. The van der Waals surface area contributed by atoms with Crippen LogP contribution in [0.1, 0.15) is 33.6 Å². The molecule has 1 unspecified atom stereocenters.